The zero-order valence-corrected chi connectivity index (χ0v) is 12.5. The van der Waals surface area contributed by atoms with Crippen molar-refractivity contribution < 1.29 is 0 Å². The van der Waals surface area contributed by atoms with Crippen LogP contribution in [0.1, 0.15) is 32.4 Å². The Morgan fingerprint density at radius 1 is 1.11 bits per heavy atom. The lowest BCUT2D eigenvalue weighted by molar-refractivity contribution is 0.0707. The van der Waals surface area contributed by atoms with E-state index < -0.39 is 0 Å². The highest BCUT2D eigenvalue weighted by atomic mass is 32.1. The Labute approximate surface area is 115 Å². The summed E-state index contributed by atoms with van der Waals surface area (Å²) in [6, 6.07) is 3.44. The molecule has 1 saturated heterocycles. The van der Waals surface area contributed by atoms with Gasteiger partial charge in [-0.3, -0.25) is 9.80 Å². The lowest BCUT2D eigenvalue weighted by Crippen LogP contribution is -2.52. The van der Waals surface area contributed by atoms with Crippen LogP contribution in [0.15, 0.2) is 16.8 Å². The fourth-order valence-corrected chi connectivity index (χ4v) is 3.51. The molecule has 2 atom stereocenters. The first-order chi connectivity index (χ1) is 8.59. The number of piperazine rings is 1. The van der Waals surface area contributed by atoms with Crippen LogP contribution in [0.4, 0.5) is 0 Å². The van der Waals surface area contributed by atoms with E-state index in [0.29, 0.717) is 12.1 Å². The van der Waals surface area contributed by atoms with Gasteiger partial charge in [-0.05, 0) is 43.2 Å². The zero-order valence-electron chi connectivity index (χ0n) is 11.7. The third kappa shape index (κ3) is 3.12. The Hall–Kier alpha value is -0.420. The molecule has 0 aromatic carbocycles. The van der Waals surface area contributed by atoms with E-state index in [1.54, 1.807) is 11.3 Å². The molecule has 1 aliphatic rings. The molecule has 3 nitrogen and oxygen atoms in total. The molecule has 0 spiro atoms. The summed E-state index contributed by atoms with van der Waals surface area (Å²) in [6.07, 6.45) is 0. The van der Waals surface area contributed by atoms with Gasteiger partial charge in [-0.25, -0.2) is 0 Å². The van der Waals surface area contributed by atoms with Crippen LogP contribution in [0.5, 0.6) is 0 Å². The molecule has 2 heterocycles. The molecule has 2 N–H and O–H groups in total. The second kappa shape index (κ2) is 6.15. The largest absolute Gasteiger partial charge is 0.326 e. The summed E-state index contributed by atoms with van der Waals surface area (Å²) in [4.78, 5) is 5.09. The van der Waals surface area contributed by atoms with E-state index in [2.05, 4.69) is 47.4 Å². The lowest BCUT2D eigenvalue weighted by Gasteiger charge is -2.42. The van der Waals surface area contributed by atoms with Crippen LogP contribution in [0, 0.1) is 0 Å². The van der Waals surface area contributed by atoms with Crippen molar-refractivity contribution in [3.8, 4) is 0 Å². The van der Waals surface area contributed by atoms with E-state index in [4.69, 9.17) is 5.73 Å². The van der Waals surface area contributed by atoms with E-state index in [0.717, 1.165) is 26.2 Å². The van der Waals surface area contributed by atoms with Gasteiger partial charge < -0.3 is 5.73 Å². The predicted molar refractivity (Wildman–Crippen MR) is 79.0 cm³/mol. The van der Waals surface area contributed by atoms with Gasteiger partial charge in [0.25, 0.3) is 0 Å². The topological polar surface area (TPSA) is 32.5 Å². The quantitative estimate of drug-likeness (QED) is 0.907. The van der Waals surface area contributed by atoms with Crippen LogP contribution < -0.4 is 5.73 Å². The van der Waals surface area contributed by atoms with Gasteiger partial charge in [0, 0.05) is 38.3 Å². The normalized spacial score (nSPS) is 22.3. The van der Waals surface area contributed by atoms with Gasteiger partial charge in [0.1, 0.15) is 0 Å². The molecule has 0 aliphatic carbocycles. The maximum absolute atomic E-state index is 6.20. The fourth-order valence-electron chi connectivity index (χ4n) is 2.82. The standard InChI is InChI=1S/C14H25N3S/c1-11(2)16-5-7-17(8-6-16)14(12(3)15)13-4-9-18-10-13/h4,9-12,14H,5-8,15H2,1-3H3. The summed E-state index contributed by atoms with van der Waals surface area (Å²) in [7, 11) is 0. The number of nitrogens with zero attached hydrogens (tertiary/aromatic N) is 2. The maximum atomic E-state index is 6.20. The first-order valence-electron chi connectivity index (χ1n) is 6.85. The van der Waals surface area contributed by atoms with E-state index in [-0.39, 0.29) is 6.04 Å². The highest BCUT2D eigenvalue weighted by molar-refractivity contribution is 7.07. The first kappa shape index (κ1) is 14.0. The Bertz CT molecular complexity index is 340. The molecule has 0 amide bonds. The van der Waals surface area contributed by atoms with Crippen molar-refractivity contribution in [1.82, 2.24) is 9.80 Å². The van der Waals surface area contributed by atoms with Crippen molar-refractivity contribution in [1.29, 1.82) is 0 Å². The van der Waals surface area contributed by atoms with Crippen LogP contribution in [-0.4, -0.2) is 48.1 Å². The molecule has 102 valence electrons. The summed E-state index contributed by atoms with van der Waals surface area (Å²) in [5.74, 6) is 0. The molecule has 0 saturated carbocycles. The van der Waals surface area contributed by atoms with Crippen molar-refractivity contribution in [3.63, 3.8) is 0 Å². The fraction of sp³-hybridized carbons (Fsp3) is 0.714. The number of nitrogens with two attached hydrogens (primary N) is 1. The van der Waals surface area contributed by atoms with E-state index in [9.17, 15) is 0 Å². The summed E-state index contributed by atoms with van der Waals surface area (Å²) in [5.41, 5.74) is 7.58. The molecule has 1 aromatic heterocycles. The van der Waals surface area contributed by atoms with Gasteiger partial charge in [-0.15, -0.1) is 0 Å². The Morgan fingerprint density at radius 3 is 2.17 bits per heavy atom. The van der Waals surface area contributed by atoms with Crippen molar-refractivity contribution in [3.05, 3.63) is 22.4 Å². The minimum Gasteiger partial charge on any atom is -0.326 e. The highest BCUT2D eigenvalue weighted by Gasteiger charge is 2.28. The monoisotopic (exact) mass is 267 g/mol. The predicted octanol–water partition coefficient (Wildman–Crippen LogP) is 2.16. The number of thiophene rings is 1. The minimum absolute atomic E-state index is 0.185. The summed E-state index contributed by atoms with van der Waals surface area (Å²) in [6.45, 7) is 11.2. The van der Waals surface area contributed by atoms with Gasteiger partial charge in [0.05, 0.1) is 6.04 Å². The van der Waals surface area contributed by atoms with Crippen molar-refractivity contribution >= 4 is 11.3 Å². The third-order valence-electron chi connectivity index (χ3n) is 3.86. The zero-order chi connectivity index (χ0) is 13.1. The molecule has 2 rings (SSSR count). The summed E-state index contributed by atoms with van der Waals surface area (Å²) < 4.78 is 0. The summed E-state index contributed by atoms with van der Waals surface area (Å²) in [5, 5.41) is 4.39. The lowest BCUT2D eigenvalue weighted by atomic mass is 10.0. The van der Waals surface area contributed by atoms with Crippen molar-refractivity contribution in [2.75, 3.05) is 26.2 Å². The highest BCUT2D eigenvalue weighted by Crippen LogP contribution is 2.26. The molecule has 0 bridgehead atoms. The van der Waals surface area contributed by atoms with Gasteiger partial charge in [0.2, 0.25) is 0 Å². The summed E-state index contributed by atoms with van der Waals surface area (Å²) >= 11 is 1.76. The Balaban J connectivity index is 2.02. The maximum Gasteiger partial charge on any atom is 0.0505 e. The number of hydrogen-bond donors (Lipinski definition) is 1. The number of rotatable bonds is 4. The Morgan fingerprint density at radius 2 is 1.72 bits per heavy atom. The Kier molecular flexibility index (Phi) is 4.78. The van der Waals surface area contributed by atoms with Gasteiger partial charge in [-0.2, -0.15) is 11.3 Å². The van der Waals surface area contributed by atoms with Crippen molar-refractivity contribution in [2.45, 2.75) is 38.9 Å². The van der Waals surface area contributed by atoms with E-state index >= 15 is 0 Å². The average molecular weight is 267 g/mol. The van der Waals surface area contributed by atoms with Crippen LogP contribution in [-0.2, 0) is 0 Å². The molecule has 2 unspecified atom stereocenters. The van der Waals surface area contributed by atoms with Gasteiger partial charge >= 0.3 is 0 Å². The SMILES string of the molecule is CC(N)C(c1ccsc1)N1CCN(C(C)C)CC1. The second-order valence-corrected chi connectivity index (χ2v) is 6.31. The second-order valence-electron chi connectivity index (χ2n) is 5.53. The van der Waals surface area contributed by atoms with Gasteiger partial charge in [-0.1, -0.05) is 0 Å². The molecule has 18 heavy (non-hydrogen) atoms. The van der Waals surface area contributed by atoms with Crippen LogP contribution in [0.3, 0.4) is 0 Å². The average Bonchev–Trinajstić information content (AvgIpc) is 2.83. The van der Waals surface area contributed by atoms with Crippen LogP contribution in [0.25, 0.3) is 0 Å². The molecule has 4 heteroatoms. The molecule has 1 aromatic rings. The first-order valence-corrected chi connectivity index (χ1v) is 7.79. The van der Waals surface area contributed by atoms with E-state index in [1.165, 1.54) is 5.56 Å². The number of hydrogen-bond acceptors (Lipinski definition) is 4. The molecular formula is C14H25N3S. The molecule has 0 radical (unpaired) electrons. The van der Waals surface area contributed by atoms with Crippen LogP contribution in [0.2, 0.25) is 0 Å². The molecule has 1 fully saturated rings. The third-order valence-corrected chi connectivity index (χ3v) is 4.56. The van der Waals surface area contributed by atoms with E-state index in [1.807, 2.05) is 0 Å². The minimum atomic E-state index is 0.185. The molecular weight excluding hydrogens is 242 g/mol. The van der Waals surface area contributed by atoms with Crippen molar-refractivity contribution in [2.24, 2.45) is 5.73 Å². The molecule has 1 aliphatic heterocycles. The smallest absolute Gasteiger partial charge is 0.0505 e. The van der Waals surface area contributed by atoms with Crippen LogP contribution >= 0.6 is 11.3 Å². The van der Waals surface area contributed by atoms with Gasteiger partial charge in [0.15, 0.2) is 0 Å².